The molecule has 168 valence electrons. The third-order valence-electron chi connectivity index (χ3n) is 4.36. The fourth-order valence-corrected chi connectivity index (χ4v) is 3.01. The van der Waals surface area contributed by atoms with E-state index in [0.29, 0.717) is 38.6 Å². The SMILES string of the molecule is CCNC(=NCC(=O)Nc1ccc(F)c(F)c1F)N1CCCC(C(=O)OCC)C1.I. The Hall–Kier alpha value is -2.05. The maximum absolute atomic E-state index is 13.7. The fraction of sp³-hybridized carbons (Fsp3) is 0.526. The summed E-state index contributed by atoms with van der Waals surface area (Å²) >= 11 is 0. The van der Waals surface area contributed by atoms with E-state index in [1.807, 2.05) is 11.8 Å². The van der Waals surface area contributed by atoms with Gasteiger partial charge in [0, 0.05) is 19.6 Å². The molecule has 30 heavy (non-hydrogen) atoms. The molecule has 1 aromatic carbocycles. The lowest BCUT2D eigenvalue weighted by molar-refractivity contribution is -0.149. The first-order valence-corrected chi connectivity index (χ1v) is 9.50. The lowest BCUT2D eigenvalue weighted by Crippen LogP contribution is -2.48. The molecule has 1 atom stereocenters. The summed E-state index contributed by atoms with van der Waals surface area (Å²) in [6, 6.07) is 1.67. The lowest BCUT2D eigenvalue weighted by Gasteiger charge is -2.33. The number of nitrogens with one attached hydrogen (secondary N) is 2. The number of nitrogens with zero attached hydrogens (tertiary/aromatic N) is 2. The molecule has 0 aromatic heterocycles. The van der Waals surface area contributed by atoms with Crippen molar-refractivity contribution in [3.8, 4) is 0 Å². The van der Waals surface area contributed by atoms with Crippen molar-refractivity contribution >= 4 is 47.5 Å². The highest BCUT2D eigenvalue weighted by Crippen LogP contribution is 2.20. The number of guanidine groups is 1. The van der Waals surface area contributed by atoms with E-state index in [1.54, 1.807) is 6.92 Å². The first-order valence-electron chi connectivity index (χ1n) is 9.50. The monoisotopic (exact) mass is 542 g/mol. The Morgan fingerprint density at radius 1 is 1.23 bits per heavy atom. The maximum Gasteiger partial charge on any atom is 0.310 e. The van der Waals surface area contributed by atoms with E-state index in [1.165, 1.54) is 0 Å². The van der Waals surface area contributed by atoms with Gasteiger partial charge in [-0.1, -0.05) is 0 Å². The zero-order valence-electron chi connectivity index (χ0n) is 16.8. The molecule has 0 radical (unpaired) electrons. The first-order chi connectivity index (χ1) is 13.9. The van der Waals surface area contributed by atoms with Crippen molar-refractivity contribution < 1.29 is 27.5 Å². The van der Waals surface area contributed by atoms with Gasteiger partial charge in [-0.15, -0.1) is 24.0 Å². The van der Waals surface area contributed by atoms with Gasteiger partial charge in [-0.2, -0.15) is 0 Å². The molecule has 1 aliphatic rings. The van der Waals surface area contributed by atoms with Crippen LogP contribution in [0.2, 0.25) is 0 Å². The average Bonchev–Trinajstić information content (AvgIpc) is 2.72. The van der Waals surface area contributed by atoms with Gasteiger partial charge >= 0.3 is 5.97 Å². The number of carbonyl (C=O) groups is 2. The van der Waals surface area contributed by atoms with Crippen LogP contribution in [0.15, 0.2) is 17.1 Å². The minimum Gasteiger partial charge on any atom is -0.466 e. The molecule has 1 amide bonds. The summed E-state index contributed by atoms with van der Waals surface area (Å²) in [6.07, 6.45) is 1.48. The summed E-state index contributed by atoms with van der Waals surface area (Å²) in [6.45, 7) is 5.16. The van der Waals surface area contributed by atoms with Crippen molar-refractivity contribution in [2.75, 3.05) is 38.1 Å². The summed E-state index contributed by atoms with van der Waals surface area (Å²) < 4.78 is 45.0. The quantitative estimate of drug-likeness (QED) is 0.190. The molecule has 1 fully saturated rings. The Morgan fingerprint density at radius 3 is 2.63 bits per heavy atom. The van der Waals surface area contributed by atoms with Crippen LogP contribution >= 0.6 is 24.0 Å². The first kappa shape index (κ1) is 26.0. The topological polar surface area (TPSA) is 83.0 Å². The van der Waals surface area contributed by atoms with Crippen molar-refractivity contribution in [3.63, 3.8) is 0 Å². The van der Waals surface area contributed by atoms with Crippen LogP contribution in [0.1, 0.15) is 26.7 Å². The predicted molar refractivity (Wildman–Crippen MR) is 117 cm³/mol. The van der Waals surface area contributed by atoms with Gasteiger partial charge in [0.05, 0.1) is 18.2 Å². The second kappa shape index (κ2) is 12.6. The van der Waals surface area contributed by atoms with E-state index in [9.17, 15) is 22.8 Å². The maximum atomic E-state index is 13.7. The van der Waals surface area contributed by atoms with E-state index >= 15 is 0 Å². The number of amides is 1. The van der Waals surface area contributed by atoms with E-state index in [-0.39, 0.29) is 42.4 Å². The number of hydrogen-bond acceptors (Lipinski definition) is 4. The number of benzene rings is 1. The summed E-state index contributed by atoms with van der Waals surface area (Å²) in [4.78, 5) is 30.2. The number of halogens is 4. The summed E-state index contributed by atoms with van der Waals surface area (Å²) in [5, 5.41) is 5.23. The molecule has 0 aliphatic carbocycles. The van der Waals surface area contributed by atoms with Crippen molar-refractivity contribution in [1.82, 2.24) is 10.2 Å². The second-order valence-electron chi connectivity index (χ2n) is 6.48. The van der Waals surface area contributed by atoms with Crippen molar-refractivity contribution in [1.29, 1.82) is 0 Å². The highest BCUT2D eigenvalue weighted by atomic mass is 127. The van der Waals surface area contributed by atoms with Crippen LogP contribution in [-0.2, 0) is 14.3 Å². The Bertz CT molecular complexity index is 780. The molecular weight excluding hydrogens is 516 g/mol. The minimum absolute atomic E-state index is 0. The van der Waals surface area contributed by atoms with E-state index in [2.05, 4.69) is 15.6 Å². The fourth-order valence-electron chi connectivity index (χ4n) is 3.01. The number of piperidine rings is 1. The normalized spacial score (nSPS) is 16.5. The van der Waals surface area contributed by atoms with Crippen LogP contribution < -0.4 is 10.6 Å². The summed E-state index contributed by atoms with van der Waals surface area (Å²) in [5.41, 5.74) is -0.463. The Kier molecular flexibility index (Phi) is 10.9. The number of aliphatic imine (C=N–C) groups is 1. The van der Waals surface area contributed by atoms with Crippen LogP contribution in [0.3, 0.4) is 0 Å². The molecule has 2 rings (SSSR count). The van der Waals surface area contributed by atoms with Gasteiger partial charge in [0.15, 0.2) is 23.4 Å². The van der Waals surface area contributed by atoms with Gasteiger partial charge in [-0.3, -0.25) is 9.59 Å². The highest BCUT2D eigenvalue weighted by molar-refractivity contribution is 14.0. The van der Waals surface area contributed by atoms with E-state index < -0.39 is 29.0 Å². The third-order valence-corrected chi connectivity index (χ3v) is 4.36. The van der Waals surface area contributed by atoms with E-state index in [4.69, 9.17) is 4.74 Å². The number of likely N-dealkylation sites (tertiary alicyclic amines) is 1. The van der Waals surface area contributed by atoms with Gasteiger partial charge in [-0.25, -0.2) is 18.2 Å². The largest absolute Gasteiger partial charge is 0.466 e. The minimum atomic E-state index is -1.65. The number of rotatable bonds is 6. The Morgan fingerprint density at radius 2 is 1.97 bits per heavy atom. The molecule has 0 bridgehead atoms. The second-order valence-corrected chi connectivity index (χ2v) is 6.48. The van der Waals surface area contributed by atoms with Crippen LogP contribution in [0.5, 0.6) is 0 Å². The molecule has 2 N–H and O–H groups in total. The average molecular weight is 542 g/mol. The molecule has 11 heteroatoms. The summed E-state index contributed by atoms with van der Waals surface area (Å²) in [7, 11) is 0. The van der Waals surface area contributed by atoms with Gasteiger partial charge in [0.2, 0.25) is 5.91 Å². The van der Waals surface area contributed by atoms with E-state index in [0.717, 1.165) is 18.6 Å². The molecule has 1 aromatic rings. The molecular formula is C19H26F3IN4O3. The van der Waals surface area contributed by atoms with Gasteiger partial charge in [0.1, 0.15) is 6.54 Å². The van der Waals surface area contributed by atoms with Crippen molar-refractivity contribution in [3.05, 3.63) is 29.6 Å². The number of anilines is 1. The predicted octanol–water partition coefficient (Wildman–Crippen LogP) is 2.90. The Labute approximate surface area is 190 Å². The number of esters is 1. The van der Waals surface area contributed by atoms with Crippen molar-refractivity contribution in [2.45, 2.75) is 26.7 Å². The standard InChI is InChI=1S/C19H25F3N4O3.HI/c1-3-23-19(26-9-5-6-12(11-26)18(28)29-4-2)24-10-15(27)25-14-8-7-13(20)16(21)17(14)22;/h7-8,12H,3-6,9-11H2,1-2H3,(H,23,24)(H,25,27);1H. The highest BCUT2D eigenvalue weighted by Gasteiger charge is 2.28. The van der Waals surface area contributed by atoms with Crippen LogP contribution in [-0.4, -0.2) is 55.5 Å². The smallest absolute Gasteiger partial charge is 0.310 e. The molecule has 0 spiro atoms. The Balaban J connectivity index is 0.00000450. The van der Waals surface area contributed by atoms with Gasteiger partial charge < -0.3 is 20.3 Å². The molecule has 0 saturated carbocycles. The van der Waals surface area contributed by atoms with Crippen LogP contribution in [0, 0.1) is 23.4 Å². The zero-order valence-corrected chi connectivity index (χ0v) is 19.2. The number of carbonyl (C=O) groups excluding carboxylic acids is 2. The van der Waals surface area contributed by atoms with Crippen LogP contribution in [0.4, 0.5) is 18.9 Å². The third kappa shape index (κ3) is 7.03. The molecule has 7 nitrogen and oxygen atoms in total. The van der Waals surface area contributed by atoms with Gasteiger partial charge in [0.25, 0.3) is 0 Å². The number of hydrogen-bond donors (Lipinski definition) is 2. The molecule has 1 heterocycles. The molecule has 1 saturated heterocycles. The van der Waals surface area contributed by atoms with Gasteiger partial charge in [-0.05, 0) is 38.8 Å². The lowest BCUT2D eigenvalue weighted by atomic mass is 9.98. The molecule has 1 unspecified atom stereocenters. The van der Waals surface area contributed by atoms with Crippen LogP contribution in [0.25, 0.3) is 0 Å². The summed E-state index contributed by atoms with van der Waals surface area (Å²) in [5.74, 6) is -5.27. The van der Waals surface area contributed by atoms with Crippen molar-refractivity contribution in [2.24, 2.45) is 10.9 Å². The zero-order chi connectivity index (χ0) is 21.4. The number of ether oxygens (including phenoxy) is 1. The molecule has 1 aliphatic heterocycles.